The average Bonchev–Trinajstić information content (AvgIpc) is 2.93. The summed E-state index contributed by atoms with van der Waals surface area (Å²) in [6.07, 6.45) is 7.92. The van der Waals surface area contributed by atoms with Crippen LogP contribution >= 0.6 is 24.0 Å². The zero-order valence-electron chi connectivity index (χ0n) is 13.9. The highest BCUT2D eigenvalue weighted by Gasteiger charge is 2.23. The third-order valence-electron chi connectivity index (χ3n) is 4.99. The lowest BCUT2D eigenvalue weighted by Gasteiger charge is -2.29. The molecular weight excluding hydrogens is 375 g/mol. The average molecular weight is 408 g/mol. The predicted molar refractivity (Wildman–Crippen MR) is 102 cm³/mol. The molecule has 0 aromatic heterocycles. The maximum atomic E-state index is 4.39. The van der Waals surface area contributed by atoms with Gasteiger partial charge in [0.25, 0.3) is 0 Å². The van der Waals surface area contributed by atoms with Crippen LogP contribution in [-0.4, -0.2) is 49.6 Å². The number of likely N-dealkylation sites (tertiary alicyclic amines) is 1. The zero-order chi connectivity index (χ0) is 14.4. The minimum atomic E-state index is 0. The van der Waals surface area contributed by atoms with Gasteiger partial charge in [-0.2, -0.15) is 0 Å². The Labute approximate surface area is 147 Å². The van der Waals surface area contributed by atoms with Gasteiger partial charge in [-0.05, 0) is 57.5 Å². The second-order valence-corrected chi connectivity index (χ2v) is 6.48. The molecule has 0 amide bonds. The summed E-state index contributed by atoms with van der Waals surface area (Å²) in [7, 11) is 1.88. The van der Waals surface area contributed by atoms with Gasteiger partial charge in [0.2, 0.25) is 0 Å². The summed E-state index contributed by atoms with van der Waals surface area (Å²) in [5, 5.41) is 7.13. The normalized spacial score (nSPS) is 30.8. The fourth-order valence-corrected chi connectivity index (χ4v) is 3.55. The van der Waals surface area contributed by atoms with Crippen molar-refractivity contribution in [1.29, 1.82) is 0 Å². The zero-order valence-corrected chi connectivity index (χ0v) is 16.2. The number of nitrogens with one attached hydrogen (secondary N) is 2. The van der Waals surface area contributed by atoms with Crippen LogP contribution in [0.5, 0.6) is 0 Å². The van der Waals surface area contributed by atoms with Crippen molar-refractivity contribution in [2.24, 2.45) is 10.9 Å². The van der Waals surface area contributed by atoms with Crippen LogP contribution in [0.15, 0.2) is 4.99 Å². The third-order valence-corrected chi connectivity index (χ3v) is 4.99. The molecule has 124 valence electrons. The van der Waals surface area contributed by atoms with Crippen LogP contribution in [0, 0.1) is 5.92 Å². The third kappa shape index (κ3) is 5.93. The van der Waals surface area contributed by atoms with E-state index in [1.165, 1.54) is 51.6 Å². The number of nitrogens with zero attached hydrogens (tertiary/aromatic N) is 2. The van der Waals surface area contributed by atoms with E-state index in [1.54, 1.807) is 0 Å². The molecule has 0 radical (unpaired) electrons. The van der Waals surface area contributed by atoms with Crippen LogP contribution < -0.4 is 10.6 Å². The van der Waals surface area contributed by atoms with Crippen LogP contribution in [0.1, 0.15) is 52.4 Å². The van der Waals surface area contributed by atoms with E-state index < -0.39 is 0 Å². The van der Waals surface area contributed by atoms with Crippen LogP contribution in [0.25, 0.3) is 0 Å². The maximum absolute atomic E-state index is 4.39. The SMILES string of the molecule is CCN1CCCC1CNC(=NC)NC1CCC(C)CC1.I. The summed E-state index contributed by atoms with van der Waals surface area (Å²) in [5.74, 6) is 1.90. The fraction of sp³-hybridized carbons (Fsp3) is 0.938. The Kier molecular flexibility index (Phi) is 8.94. The smallest absolute Gasteiger partial charge is 0.191 e. The molecule has 1 aliphatic carbocycles. The minimum Gasteiger partial charge on any atom is -0.355 e. The fourth-order valence-electron chi connectivity index (χ4n) is 3.55. The molecule has 1 saturated carbocycles. The second-order valence-electron chi connectivity index (χ2n) is 6.48. The standard InChI is InChI=1S/C16H32N4.HI/c1-4-20-11-5-6-15(20)12-18-16(17-3)19-14-9-7-13(2)8-10-14;/h13-15H,4-12H2,1-3H3,(H2,17,18,19);1H. The first kappa shape index (κ1) is 19.0. The van der Waals surface area contributed by atoms with E-state index in [-0.39, 0.29) is 24.0 Å². The van der Waals surface area contributed by atoms with E-state index in [1.807, 2.05) is 7.05 Å². The van der Waals surface area contributed by atoms with Gasteiger partial charge in [0.05, 0.1) is 0 Å². The first-order valence-corrected chi connectivity index (χ1v) is 8.44. The Bertz CT molecular complexity index is 313. The highest BCUT2D eigenvalue weighted by atomic mass is 127. The number of hydrogen-bond acceptors (Lipinski definition) is 2. The Balaban J connectivity index is 0.00000220. The number of likely N-dealkylation sites (N-methyl/N-ethyl adjacent to an activating group) is 1. The first-order valence-electron chi connectivity index (χ1n) is 8.44. The molecule has 1 unspecified atom stereocenters. The summed E-state index contributed by atoms with van der Waals surface area (Å²) >= 11 is 0. The predicted octanol–water partition coefficient (Wildman–Crippen LogP) is 2.83. The molecule has 1 heterocycles. The van der Waals surface area contributed by atoms with Gasteiger partial charge in [0.15, 0.2) is 5.96 Å². The number of hydrogen-bond donors (Lipinski definition) is 2. The number of guanidine groups is 1. The summed E-state index contributed by atoms with van der Waals surface area (Å²) in [5.41, 5.74) is 0. The quantitative estimate of drug-likeness (QED) is 0.427. The van der Waals surface area contributed by atoms with Crippen LogP contribution in [0.3, 0.4) is 0 Å². The lowest BCUT2D eigenvalue weighted by molar-refractivity contribution is 0.266. The summed E-state index contributed by atoms with van der Waals surface area (Å²) in [6, 6.07) is 1.30. The Morgan fingerprint density at radius 2 is 1.90 bits per heavy atom. The molecule has 2 rings (SSSR count). The molecule has 4 nitrogen and oxygen atoms in total. The molecule has 0 aromatic carbocycles. The number of halogens is 1. The van der Waals surface area contributed by atoms with Crippen molar-refractivity contribution in [2.45, 2.75) is 64.5 Å². The molecule has 2 fully saturated rings. The van der Waals surface area contributed by atoms with Gasteiger partial charge >= 0.3 is 0 Å². The van der Waals surface area contributed by atoms with Gasteiger partial charge in [0.1, 0.15) is 0 Å². The van der Waals surface area contributed by atoms with E-state index in [2.05, 4.69) is 34.4 Å². The molecule has 2 aliphatic rings. The van der Waals surface area contributed by atoms with E-state index in [0.29, 0.717) is 12.1 Å². The van der Waals surface area contributed by atoms with Crippen molar-refractivity contribution in [3.05, 3.63) is 0 Å². The Morgan fingerprint density at radius 1 is 1.19 bits per heavy atom. The highest BCUT2D eigenvalue weighted by Crippen LogP contribution is 2.23. The van der Waals surface area contributed by atoms with E-state index >= 15 is 0 Å². The molecule has 2 N–H and O–H groups in total. The van der Waals surface area contributed by atoms with Gasteiger partial charge in [-0.1, -0.05) is 13.8 Å². The molecule has 1 saturated heterocycles. The molecule has 0 aromatic rings. The van der Waals surface area contributed by atoms with E-state index in [0.717, 1.165) is 18.4 Å². The van der Waals surface area contributed by atoms with Crippen molar-refractivity contribution in [1.82, 2.24) is 15.5 Å². The summed E-state index contributed by atoms with van der Waals surface area (Å²) < 4.78 is 0. The lowest BCUT2D eigenvalue weighted by atomic mass is 9.87. The minimum absolute atomic E-state index is 0. The van der Waals surface area contributed by atoms with Crippen molar-refractivity contribution in [2.75, 3.05) is 26.7 Å². The van der Waals surface area contributed by atoms with Gasteiger partial charge in [-0.25, -0.2) is 0 Å². The number of rotatable bonds is 4. The molecule has 0 spiro atoms. The monoisotopic (exact) mass is 408 g/mol. The van der Waals surface area contributed by atoms with Crippen molar-refractivity contribution < 1.29 is 0 Å². The van der Waals surface area contributed by atoms with Gasteiger partial charge < -0.3 is 10.6 Å². The molecule has 1 aliphatic heterocycles. The first-order chi connectivity index (χ1) is 9.72. The lowest BCUT2D eigenvalue weighted by Crippen LogP contribution is -2.48. The van der Waals surface area contributed by atoms with Crippen LogP contribution in [0.4, 0.5) is 0 Å². The molecular formula is C16H33IN4. The maximum Gasteiger partial charge on any atom is 0.191 e. The molecule has 5 heteroatoms. The summed E-state index contributed by atoms with van der Waals surface area (Å²) in [4.78, 5) is 6.96. The van der Waals surface area contributed by atoms with Crippen molar-refractivity contribution >= 4 is 29.9 Å². The highest BCUT2D eigenvalue weighted by molar-refractivity contribution is 14.0. The largest absolute Gasteiger partial charge is 0.355 e. The Hall–Kier alpha value is -0.0400. The van der Waals surface area contributed by atoms with Crippen molar-refractivity contribution in [3.63, 3.8) is 0 Å². The molecule has 1 atom stereocenters. The van der Waals surface area contributed by atoms with E-state index in [9.17, 15) is 0 Å². The van der Waals surface area contributed by atoms with Gasteiger partial charge in [0, 0.05) is 25.7 Å². The van der Waals surface area contributed by atoms with Gasteiger partial charge in [-0.3, -0.25) is 9.89 Å². The Morgan fingerprint density at radius 3 is 2.52 bits per heavy atom. The number of aliphatic imine (C=N–C) groups is 1. The van der Waals surface area contributed by atoms with Gasteiger partial charge in [-0.15, -0.1) is 24.0 Å². The van der Waals surface area contributed by atoms with Crippen LogP contribution in [0.2, 0.25) is 0 Å². The molecule has 0 bridgehead atoms. The van der Waals surface area contributed by atoms with Crippen molar-refractivity contribution in [3.8, 4) is 0 Å². The topological polar surface area (TPSA) is 39.7 Å². The van der Waals surface area contributed by atoms with E-state index in [4.69, 9.17) is 0 Å². The summed E-state index contributed by atoms with van der Waals surface area (Å²) in [6.45, 7) is 8.07. The second kappa shape index (κ2) is 9.87. The molecule has 21 heavy (non-hydrogen) atoms. The van der Waals surface area contributed by atoms with Crippen LogP contribution in [-0.2, 0) is 0 Å².